The summed E-state index contributed by atoms with van der Waals surface area (Å²) >= 11 is 0. The van der Waals surface area contributed by atoms with E-state index in [9.17, 15) is 4.79 Å². The highest BCUT2D eigenvalue weighted by Gasteiger charge is 2.51. The van der Waals surface area contributed by atoms with Crippen molar-refractivity contribution in [2.45, 2.75) is 37.8 Å². The molecule has 0 bridgehead atoms. The molecule has 0 radical (unpaired) electrons. The molecule has 1 aromatic rings. The minimum absolute atomic E-state index is 0.0732. The van der Waals surface area contributed by atoms with Gasteiger partial charge in [0.2, 0.25) is 5.91 Å². The van der Waals surface area contributed by atoms with Gasteiger partial charge in [0.25, 0.3) is 0 Å². The van der Waals surface area contributed by atoms with Crippen LogP contribution in [-0.4, -0.2) is 28.1 Å². The maximum atomic E-state index is 12.3. The molecule has 2 aliphatic carbocycles. The summed E-state index contributed by atoms with van der Waals surface area (Å²) in [6.07, 6.45) is 8.23. The lowest BCUT2D eigenvalue weighted by molar-refractivity contribution is -0.123. The standard InChI is InChI=1S/C15H21N3O2/c1-18-6-5-16-14(18)13-12(4-7-20-13)17-15(19)11-8-10(11)9-2-3-9/h5-6,9-13H,2-4,7-8H2,1H3,(H,17,19)/t10?,11?,12-,13-/m0/s1. The maximum Gasteiger partial charge on any atom is 0.223 e. The minimum Gasteiger partial charge on any atom is -0.368 e. The summed E-state index contributed by atoms with van der Waals surface area (Å²) in [5, 5.41) is 3.20. The van der Waals surface area contributed by atoms with E-state index >= 15 is 0 Å². The van der Waals surface area contributed by atoms with Crippen LogP contribution in [0.2, 0.25) is 0 Å². The van der Waals surface area contributed by atoms with E-state index in [1.807, 2.05) is 17.8 Å². The summed E-state index contributed by atoms with van der Waals surface area (Å²) in [5.74, 6) is 2.92. The number of nitrogens with zero attached hydrogens (tertiary/aromatic N) is 2. The van der Waals surface area contributed by atoms with Crippen LogP contribution < -0.4 is 5.32 Å². The molecule has 5 nitrogen and oxygen atoms in total. The Balaban J connectivity index is 1.40. The third-order valence-corrected chi connectivity index (χ3v) is 4.94. The molecule has 4 rings (SSSR count). The van der Waals surface area contributed by atoms with Crippen LogP contribution in [0.1, 0.15) is 37.6 Å². The van der Waals surface area contributed by atoms with Crippen molar-refractivity contribution in [2.75, 3.05) is 6.61 Å². The average molecular weight is 275 g/mol. The quantitative estimate of drug-likeness (QED) is 0.904. The van der Waals surface area contributed by atoms with E-state index in [1.165, 1.54) is 12.8 Å². The van der Waals surface area contributed by atoms with Crippen molar-refractivity contribution in [1.29, 1.82) is 0 Å². The fourth-order valence-electron chi connectivity index (χ4n) is 3.49. The van der Waals surface area contributed by atoms with Gasteiger partial charge < -0.3 is 14.6 Å². The highest BCUT2D eigenvalue weighted by molar-refractivity contribution is 5.82. The van der Waals surface area contributed by atoms with E-state index in [0.717, 1.165) is 24.6 Å². The molecule has 3 aliphatic rings. The molecule has 2 saturated carbocycles. The third kappa shape index (κ3) is 2.14. The summed E-state index contributed by atoms with van der Waals surface area (Å²) in [6, 6.07) is 0.0732. The number of imidazole rings is 1. The van der Waals surface area contributed by atoms with Crippen LogP contribution >= 0.6 is 0 Å². The summed E-state index contributed by atoms with van der Waals surface area (Å²) in [4.78, 5) is 16.7. The van der Waals surface area contributed by atoms with Crippen molar-refractivity contribution in [1.82, 2.24) is 14.9 Å². The molecule has 108 valence electrons. The Morgan fingerprint density at radius 3 is 3.00 bits per heavy atom. The first-order valence-electron chi connectivity index (χ1n) is 7.63. The van der Waals surface area contributed by atoms with E-state index in [4.69, 9.17) is 4.74 Å². The van der Waals surface area contributed by atoms with Gasteiger partial charge >= 0.3 is 0 Å². The second-order valence-corrected chi connectivity index (χ2v) is 6.43. The SMILES string of the molecule is Cn1ccnc1[C@H]1OCC[C@@H]1NC(=O)C1CC1C1CC1. The van der Waals surface area contributed by atoms with Gasteiger partial charge in [-0.2, -0.15) is 0 Å². The zero-order valence-electron chi connectivity index (χ0n) is 11.8. The highest BCUT2D eigenvalue weighted by atomic mass is 16.5. The number of ether oxygens (including phenoxy) is 1. The number of rotatable bonds is 4. The lowest BCUT2D eigenvalue weighted by Gasteiger charge is -2.19. The second-order valence-electron chi connectivity index (χ2n) is 6.43. The number of nitrogens with one attached hydrogen (secondary N) is 1. The van der Waals surface area contributed by atoms with Crippen LogP contribution in [0, 0.1) is 17.8 Å². The first-order valence-corrected chi connectivity index (χ1v) is 7.63. The van der Waals surface area contributed by atoms with Crippen LogP contribution in [0.5, 0.6) is 0 Å². The van der Waals surface area contributed by atoms with Crippen LogP contribution in [0.3, 0.4) is 0 Å². The van der Waals surface area contributed by atoms with Gasteiger partial charge in [0, 0.05) is 32.0 Å². The van der Waals surface area contributed by atoms with Crippen LogP contribution in [0.4, 0.5) is 0 Å². The molecule has 2 unspecified atom stereocenters. The van der Waals surface area contributed by atoms with Gasteiger partial charge in [0.1, 0.15) is 11.9 Å². The summed E-state index contributed by atoms with van der Waals surface area (Å²) in [7, 11) is 1.97. The Morgan fingerprint density at radius 1 is 1.45 bits per heavy atom. The van der Waals surface area contributed by atoms with Crippen LogP contribution in [0.25, 0.3) is 0 Å². The number of hydrogen-bond donors (Lipinski definition) is 1. The summed E-state index contributed by atoms with van der Waals surface area (Å²) < 4.78 is 7.75. The topological polar surface area (TPSA) is 56.1 Å². The Labute approximate surface area is 118 Å². The molecule has 1 saturated heterocycles. The van der Waals surface area contributed by atoms with E-state index < -0.39 is 0 Å². The lowest BCUT2D eigenvalue weighted by atomic mass is 10.1. The van der Waals surface area contributed by atoms with Crippen LogP contribution in [-0.2, 0) is 16.6 Å². The number of hydrogen-bond acceptors (Lipinski definition) is 3. The van der Waals surface area contributed by atoms with E-state index in [0.29, 0.717) is 12.5 Å². The molecule has 1 N–H and O–H groups in total. The molecule has 0 spiro atoms. The lowest BCUT2D eigenvalue weighted by Crippen LogP contribution is -2.38. The number of carbonyl (C=O) groups excluding carboxylic acids is 1. The minimum atomic E-state index is -0.0999. The van der Waals surface area contributed by atoms with Gasteiger partial charge in [-0.15, -0.1) is 0 Å². The Morgan fingerprint density at radius 2 is 2.30 bits per heavy atom. The number of amides is 1. The second kappa shape index (κ2) is 4.58. The van der Waals surface area contributed by atoms with E-state index in [2.05, 4.69) is 10.3 Å². The van der Waals surface area contributed by atoms with Gasteiger partial charge in [-0.05, 0) is 37.5 Å². The van der Waals surface area contributed by atoms with Gasteiger partial charge in [0.05, 0.1) is 6.04 Å². The molecule has 3 fully saturated rings. The monoisotopic (exact) mass is 275 g/mol. The van der Waals surface area contributed by atoms with Gasteiger partial charge in [-0.3, -0.25) is 4.79 Å². The van der Waals surface area contributed by atoms with Crippen molar-refractivity contribution >= 4 is 5.91 Å². The highest BCUT2D eigenvalue weighted by Crippen LogP contribution is 2.54. The number of aryl methyl sites for hydroxylation is 1. The van der Waals surface area contributed by atoms with Crippen molar-refractivity contribution in [3.8, 4) is 0 Å². The first-order chi connectivity index (χ1) is 9.74. The summed E-state index contributed by atoms with van der Waals surface area (Å²) in [5.41, 5.74) is 0. The van der Waals surface area contributed by atoms with Crippen LogP contribution in [0.15, 0.2) is 12.4 Å². The average Bonchev–Trinajstić information content (AvgIpc) is 3.31. The van der Waals surface area contributed by atoms with Gasteiger partial charge in [-0.25, -0.2) is 4.98 Å². The molecule has 0 aromatic carbocycles. The third-order valence-electron chi connectivity index (χ3n) is 4.94. The Bertz CT molecular complexity index is 523. The molecular formula is C15H21N3O2. The molecule has 2 heterocycles. The van der Waals surface area contributed by atoms with Crippen molar-refractivity contribution in [2.24, 2.45) is 24.8 Å². The van der Waals surface area contributed by atoms with Gasteiger partial charge in [0.15, 0.2) is 0 Å². The molecular weight excluding hydrogens is 254 g/mol. The molecule has 1 amide bonds. The predicted octanol–water partition coefficient (Wildman–Crippen LogP) is 1.41. The Kier molecular flexibility index (Phi) is 2.84. The van der Waals surface area contributed by atoms with Gasteiger partial charge in [-0.1, -0.05) is 0 Å². The number of carbonyl (C=O) groups is 1. The number of aromatic nitrogens is 2. The zero-order valence-corrected chi connectivity index (χ0v) is 11.8. The largest absolute Gasteiger partial charge is 0.368 e. The van der Waals surface area contributed by atoms with Crippen molar-refractivity contribution in [3.05, 3.63) is 18.2 Å². The molecule has 1 aromatic heterocycles. The predicted molar refractivity (Wildman–Crippen MR) is 72.8 cm³/mol. The smallest absolute Gasteiger partial charge is 0.223 e. The molecule has 1 aliphatic heterocycles. The van der Waals surface area contributed by atoms with E-state index in [1.54, 1.807) is 6.20 Å². The zero-order chi connectivity index (χ0) is 13.7. The van der Waals surface area contributed by atoms with Crippen molar-refractivity contribution < 1.29 is 9.53 Å². The molecule has 5 heteroatoms. The normalized spacial score (nSPS) is 36.0. The summed E-state index contributed by atoms with van der Waals surface area (Å²) in [6.45, 7) is 0.694. The molecule has 4 atom stereocenters. The van der Waals surface area contributed by atoms with E-state index in [-0.39, 0.29) is 24.0 Å². The first kappa shape index (κ1) is 12.4. The fraction of sp³-hybridized carbons (Fsp3) is 0.733. The molecule has 20 heavy (non-hydrogen) atoms. The van der Waals surface area contributed by atoms with Crippen molar-refractivity contribution in [3.63, 3.8) is 0 Å². The maximum absolute atomic E-state index is 12.3. The Hall–Kier alpha value is -1.36. The fourth-order valence-corrected chi connectivity index (χ4v) is 3.49.